The molecule has 4 aromatic rings. The molecule has 0 saturated carbocycles. The molecule has 0 aliphatic heterocycles. The Morgan fingerprint density at radius 1 is 0.960 bits per heavy atom. The number of imidazole rings is 1. The summed E-state index contributed by atoms with van der Waals surface area (Å²) in [4.78, 5) is 4.88. The van der Waals surface area contributed by atoms with Crippen molar-refractivity contribution in [1.29, 1.82) is 0 Å². The van der Waals surface area contributed by atoms with Gasteiger partial charge in [0.25, 0.3) is 0 Å². The fraction of sp³-hybridized carbons (Fsp3) is 0.0952. The van der Waals surface area contributed by atoms with E-state index in [0.29, 0.717) is 0 Å². The molecule has 2 aromatic carbocycles. The van der Waals surface area contributed by atoms with Crippen LogP contribution in [0.25, 0.3) is 16.9 Å². The van der Waals surface area contributed by atoms with Crippen LogP contribution in [0.15, 0.2) is 72.9 Å². The number of fused-ring (bicyclic) bond motifs is 1. The van der Waals surface area contributed by atoms with Gasteiger partial charge in [0.05, 0.1) is 0 Å². The zero-order valence-electron chi connectivity index (χ0n) is 13.9. The summed E-state index contributed by atoms with van der Waals surface area (Å²) in [5.74, 6) is 0.991. The van der Waals surface area contributed by atoms with Crippen molar-refractivity contribution in [2.45, 2.75) is 13.5 Å². The van der Waals surface area contributed by atoms with Crippen molar-refractivity contribution < 1.29 is 0 Å². The van der Waals surface area contributed by atoms with E-state index in [2.05, 4.69) is 47.0 Å². The minimum absolute atomic E-state index is 0.725. The van der Waals surface area contributed by atoms with Gasteiger partial charge in [0.1, 0.15) is 17.2 Å². The maximum Gasteiger partial charge on any atom is 0.142 e. The minimum Gasteiger partial charge on any atom is -0.365 e. The first kappa shape index (κ1) is 15.7. The quantitative estimate of drug-likeness (QED) is 0.522. The van der Waals surface area contributed by atoms with Crippen LogP contribution in [-0.2, 0) is 6.54 Å². The lowest BCUT2D eigenvalue weighted by atomic mass is 10.1. The predicted molar refractivity (Wildman–Crippen MR) is 104 cm³/mol. The molecule has 2 aromatic heterocycles. The zero-order chi connectivity index (χ0) is 17.2. The first-order chi connectivity index (χ1) is 12.2. The van der Waals surface area contributed by atoms with Gasteiger partial charge < -0.3 is 5.32 Å². The van der Waals surface area contributed by atoms with Crippen molar-refractivity contribution >= 4 is 23.1 Å². The maximum atomic E-state index is 6.04. The molecule has 0 aliphatic carbocycles. The second-order valence-electron chi connectivity index (χ2n) is 6.04. The third-order valence-electron chi connectivity index (χ3n) is 4.27. The topological polar surface area (TPSA) is 29.3 Å². The largest absolute Gasteiger partial charge is 0.365 e. The predicted octanol–water partition coefficient (Wildman–Crippen LogP) is 5.58. The van der Waals surface area contributed by atoms with E-state index >= 15 is 0 Å². The molecule has 0 radical (unpaired) electrons. The van der Waals surface area contributed by atoms with Crippen LogP contribution in [0.1, 0.15) is 11.1 Å². The molecular weight excluding hydrogens is 330 g/mol. The normalized spacial score (nSPS) is 11.0. The Morgan fingerprint density at radius 2 is 1.72 bits per heavy atom. The lowest BCUT2D eigenvalue weighted by molar-refractivity contribution is 1.08. The first-order valence-electron chi connectivity index (χ1n) is 8.24. The van der Waals surface area contributed by atoms with Crippen LogP contribution in [-0.4, -0.2) is 9.38 Å². The molecule has 124 valence electrons. The highest BCUT2D eigenvalue weighted by molar-refractivity contribution is 6.30. The Balaban J connectivity index is 1.80. The molecule has 3 nitrogen and oxygen atoms in total. The van der Waals surface area contributed by atoms with Crippen molar-refractivity contribution in [3.05, 3.63) is 89.1 Å². The molecule has 0 fully saturated rings. The Morgan fingerprint density at radius 3 is 2.48 bits per heavy atom. The second kappa shape index (κ2) is 6.61. The van der Waals surface area contributed by atoms with E-state index in [-0.39, 0.29) is 0 Å². The standard InChI is InChI=1S/C21H18ClN3/c1-15-6-5-13-25-20(15)24-19(17-9-11-18(22)12-10-17)21(25)23-14-16-7-3-2-4-8-16/h2-13,23H,14H2,1H3. The number of aryl methyl sites for hydroxylation is 1. The van der Waals surface area contributed by atoms with Crippen LogP contribution >= 0.6 is 11.6 Å². The first-order valence-corrected chi connectivity index (χ1v) is 8.61. The molecule has 2 heterocycles. The summed E-state index contributed by atoms with van der Waals surface area (Å²) in [6.07, 6.45) is 2.04. The van der Waals surface area contributed by atoms with E-state index in [1.807, 2.05) is 42.6 Å². The summed E-state index contributed by atoms with van der Waals surface area (Å²) in [6, 6.07) is 22.3. The maximum absolute atomic E-state index is 6.04. The molecule has 0 amide bonds. The number of hydrogen-bond donors (Lipinski definition) is 1. The van der Waals surface area contributed by atoms with Crippen LogP contribution in [0.5, 0.6) is 0 Å². The van der Waals surface area contributed by atoms with Gasteiger partial charge in [0.2, 0.25) is 0 Å². The van der Waals surface area contributed by atoms with Crippen LogP contribution in [0, 0.1) is 6.92 Å². The fourth-order valence-electron chi connectivity index (χ4n) is 2.96. The molecule has 0 atom stereocenters. The molecule has 0 unspecified atom stereocenters. The number of nitrogens with zero attached hydrogens (tertiary/aromatic N) is 2. The zero-order valence-corrected chi connectivity index (χ0v) is 14.7. The number of pyridine rings is 1. The summed E-state index contributed by atoms with van der Waals surface area (Å²) < 4.78 is 2.11. The highest BCUT2D eigenvalue weighted by atomic mass is 35.5. The second-order valence-corrected chi connectivity index (χ2v) is 6.48. The minimum atomic E-state index is 0.725. The Labute approximate surface area is 151 Å². The molecular formula is C21H18ClN3. The summed E-state index contributed by atoms with van der Waals surface area (Å²) in [5.41, 5.74) is 5.31. The molecule has 0 saturated heterocycles. The number of nitrogens with one attached hydrogen (secondary N) is 1. The Hall–Kier alpha value is -2.78. The lowest BCUT2D eigenvalue weighted by Gasteiger charge is -2.09. The van der Waals surface area contributed by atoms with Gasteiger partial charge in [-0.1, -0.05) is 60.1 Å². The highest BCUT2D eigenvalue weighted by Crippen LogP contribution is 2.31. The van der Waals surface area contributed by atoms with Crippen molar-refractivity contribution in [1.82, 2.24) is 9.38 Å². The van der Waals surface area contributed by atoms with Gasteiger partial charge in [-0.3, -0.25) is 4.40 Å². The fourth-order valence-corrected chi connectivity index (χ4v) is 3.09. The van der Waals surface area contributed by atoms with Gasteiger partial charge >= 0.3 is 0 Å². The summed E-state index contributed by atoms with van der Waals surface area (Å²) in [6.45, 7) is 2.82. The number of aromatic nitrogens is 2. The van der Waals surface area contributed by atoms with Crippen molar-refractivity contribution in [2.75, 3.05) is 5.32 Å². The van der Waals surface area contributed by atoms with Crippen LogP contribution in [0.2, 0.25) is 5.02 Å². The van der Waals surface area contributed by atoms with E-state index in [4.69, 9.17) is 16.6 Å². The monoisotopic (exact) mass is 347 g/mol. The number of benzene rings is 2. The van der Waals surface area contributed by atoms with Gasteiger partial charge in [-0.05, 0) is 36.2 Å². The number of hydrogen-bond acceptors (Lipinski definition) is 2. The van der Waals surface area contributed by atoms with Crippen LogP contribution in [0.3, 0.4) is 0 Å². The van der Waals surface area contributed by atoms with E-state index in [1.165, 1.54) is 5.56 Å². The molecule has 25 heavy (non-hydrogen) atoms. The molecule has 4 rings (SSSR count). The number of halogens is 1. The molecule has 4 heteroatoms. The average Bonchev–Trinajstić information content (AvgIpc) is 3.01. The highest BCUT2D eigenvalue weighted by Gasteiger charge is 2.15. The SMILES string of the molecule is Cc1cccn2c(NCc3ccccc3)c(-c3ccc(Cl)cc3)nc12. The molecule has 0 bridgehead atoms. The number of anilines is 1. The van der Waals surface area contributed by atoms with Crippen molar-refractivity contribution in [2.24, 2.45) is 0 Å². The molecule has 1 N–H and O–H groups in total. The van der Waals surface area contributed by atoms with Gasteiger partial charge in [-0.15, -0.1) is 0 Å². The summed E-state index contributed by atoms with van der Waals surface area (Å²) in [5, 5.41) is 4.28. The van der Waals surface area contributed by atoms with Crippen molar-refractivity contribution in [3.8, 4) is 11.3 Å². The summed E-state index contributed by atoms with van der Waals surface area (Å²) >= 11 is 6.04. The van der Waals surface area contributed by atoms with E-state index in [0.717, 1.165) is 39.9 Å². The lowest BCUT2D eigenvalue weighted by Crippen LogP contribution is -2.03. The third kappa shape index (κ3) is 3.11. The van der Waals surface area contributed by atoms with Crippen LogP contribution in [0.4, 0.5) is 5.82 Å². The van der Waals surface area contributed by atoms with Crippen LogP contribution < -0.4 is 5.32 Å². The average molecular weight is 348 g/mol. The van der Waals surface area contributed by atoms with Gasteiger partial charge in [-0.2, -0.15) is 0 Å². The molecule has 0 aliphatic rings. The number of rotatable bonds is 4. The summed E-state index contributed by atoms with van der Waals surface area (Å²) in [7, 11) is 0. The van der Waals surface area contributed by atoms with Gasteiger partial charge in [0.15, 0.2) is 0 Å². The van der Waals surface area contributed by atoms with Crippen molar-refractivity contribution in [3.63, 3.8) is 0 Å². The van der Waals surface area contributed by atoms with E-state index in [9.17, 15) is 0 Å². The molecule has 0 spiro atoms. The smallest absolute Gasteiger partial charge is 0.142 e. The van der Waals surface area contributed by atoms with E-state index < -0.39 is 0 Å². The van der Waals surface area contributed by atoms with Gasteiger partial charge in [-0.25, -0.2) is 4.98 Å². The Kier molecular flexibility index (Phi) is 4.16. The Bertz CT molecular complexity index is 1000. The van der Waals surface area contributed by atoms with Gasteiger partial charge in [0, 0.05) is 23.3 Å². The van der Waals surface area contributed by atoms with E-state index in [1.54, 1.807) is 0 Å². The third-order valence-corrected chi connectivity index (χ3v) is 4.52.